The van der Waals surface area contributed by atoms with E-state index in [1.54, 1.807) is 9.58 Å². The van der Waals surface area contributed by atoms with Gasteiger partial charge in [0.15, 0.2) is 5.82 Å². The van der Waals surface area contributed by atoms with Gasteiger partial charge in [-0.25, -0.2) is 4.79 Å². The number of aromatic nitrogens is 3. The van der Waals surface area contributed by atoms with Crippen LogP contribution >= 0.6 is 0 Å². The third-order valence-electron chi connectivity index (χ3n) is 3.94. The number of carbonyl (C=O) groups excluding carboxylic acids is 1. The highest BCUT2D eigenvalue weighted by Gasteiger charge is 2.23. The number of rotatable bonds is 3. The monoisotopic (exact) mass is 301 g/mol. The molecule has 0 bridgehead atoms. The van der Waals surface area contributed by atoms with E-state index in [2.05, 4.69) is 15.6 Å². The van der Waals surface area contributed by atoms with Crippen LogP contribution in [0.4, 0.5) is 10.6 Å². The number of nitrogens with one attached hydrogen (secondary N) is 1. The molecule has 1 saturated heterocycles. The summed E-state index contributed by atoms with van der Waals surface area (Å²) in [4.78, 5) is 14.1. The van der Waals surface area contributed by atoms with E-state index in [-0.39, 0.29) is 12.6 Å². The molecule has 22 heavy (non-hydrogen) atoms. The molecular formula is C15H19N5O2. The average molecular weight is 301 g/mol. The molecule has 3 rings (SSSR count). The topological polar surface area (TPSA) is 83.3 Å². The van der Waals surface area contributed by atoms with E-state index in [1.165, 1.54) is 6.20 Å². The van der Waals surface area contributed by atoms with Crippen molar-refractivity contribution in [2.24, 2.45) is 5.92 Å². The summed E-state index contributed by atoms with van der Waals surface area (Å²) in [5.74, 6) is 0.848. The number of carbonyl (C=O) groups is 1. The quantitative estimate of drug-likeness (QED) is 0.900. The smallest absolute Gasteiger partial charge is 0.323 e. The van der Waals surface area contributed by atoms with Crippen LogP contribution in [0.3, 0.4) is 0 Å². The summed E-state index contributed by atoms with van der Waals surface area (Å²) in [6, 6.07) is 9.37. The van der Waals surface area contributed by atoms with Crippen molar-refractivity contribution >= 4 is 11.8 Å². The minimum Gasteiger partial charge on any atom is -0.396 e. The van der Waals surface area contributed by atoms with Gasteiger partial charge in [0.05, 0.1) is 11.9 Å². The fourth-order valence-corrected chi connectivity index (χ4v) is 2.59. The number of amides is 2. The lowest BCUT2D eigenvalue weighted by Gasteiger charge is -2.31. The van der Waals surface area contributed by atoms with Crippen LogP contribution in [0.25, 0.3) is 5.69 Å². The van der Waals surface area contributed by atoms with Crippen LogP contribution in [-0.2, 0) is 0 Å². The van der Waals surface area contributed by atoms with Crippen LogP contribution in [0, 0.1) is 5.92 Å². The molecule has 0 radical (unpaired) electrons. The lowest BCUT2D eigenvalue weighted by molar-refractivity contribution is 0.143. The summed E-state index contributed by atoms with van der Waals surface area (Å²) in [5, 5.41) is 19.9. The number of para-hydroxylation sites is 1. The lowest BCUT2D eigenvalue weighted by Crippen LogP contribution is -2.41. The second-order valence-electron chi connectivity index (χ2n) is 5.41. The zero-order valence-corrected chi connectivity index (χ0v) is 12.2. The van der Waals surface area contributed by atoms with E-state index < -0.39 is 0 Å². The fourth-order valence-electron chi connectivity index (χ4n) is 2.59. The van der Waals surface area contributed by atoms with Gasteiger partial charge >= 0.3 is 6.03 Å². The van der Waals surface area contributed by atoms with Crippen LogP contribution in [0.15, 0.2) is 36.5 Å². The van der Waals surface area contributed by atoms with E-state index in [0.717, 1.165) is 18.5 Å². The van der Waals surface area contributed by atoms with E-state index in [9.17, 15) is 4.79 Å². The highest BCUT2D eigenvalue weighted by Crippen LogP contribution is 2.18. The van der Waals surface area contributed by atoms with Gasteiger partial charge in [-0.1, -0.05) is 23.4 Å². The van der Waals surface area contributed by atoms with Gasteiger partial charge < -0.3 is 10.0 Å². The van der Waals surface area contributed by atoms with Crippen LogP contribution in [0.1, 0.15) is 12.8 Å². The zero-order chi connectivity index (χ0) is 15.4. The van der Waals surface area contributed by atoms with Gasteiger partial charge in [-0.2, -0.15) is 4.68 Å². The Bertz CT molecular complexity index is 620. The molecule has 1 aromatic heterocycles. The summed E-state index contributed by atoms with van der Waals surface area (Å²) in [6.45, 7) is 1.51. The van der Waals surface area contributed by atoms with E-state index in [4.69, 9.17) is 5.11 Å². The summed E-state index contributed by atoms with van der Waals surface area (Å²) >= 11 is 0. The van der Waals surface area contributed by atoms with Crippen molar-refractivity contribution in [1.29, 1.82) is 0 Å². The van der Waals surface area contributed by atoms with Crippen LogP contribution in [0.2, 0.25) is 0 Å². The first-order valence-corrected chi connectivity index (χ1v) is 7.41. The molecule has 7 nitrogen and oxygen atoms in total. The number of aliphatic hydroxyl groups is 1. The number of anilines is 1. The third-order valence-corrected chi connectivity index (χ3v) is 3.94. The van der Waals surface area contributed by atoms with Crippen molar-refractivity contribution < 1.29 is 9.90 Å². The highest BCUT2D eigenvalue weighted by atomic mass is 16.3. The molecule has 0 saturated carbocycles. The van der Waals surface area contributed by atoms with Crippen molar-refractivity contribution in [2.75, 3.05) is 25.0 Å². The number of piperidine rings is 1. The van der Waals surface area contributed by atoms with Gasteiger partial charge in [0.1, 0.15) is 0 Å². The Morgan fingerprint density at radius 1 is 1.27 bits per heavy atom. The molecule has 2 heterocycles. The Morgan fingerprint density at radius 3 is 2.68 bits per heavy atom. The largest absolute Gasteiger partial charge is 0.396 e. The van der Waals surface area contributed by atoms with Gasteiger partial charge in [0, 0.05) is 19.7 Å². The molecule has 2 aromatic rings. The molecule has 1 fully saturated rings. The highest BCUT2D eigenvalue weighted by molar-refractivity contribution is 5.88. The Hall–Kier alpha value is -2.41. The lowest BCUT2D eigenvalue weighted by atomic mass is 9.98. The number of hydrogen-bond acceptors (Lipinski definition) is 4. The first-order chi connectivity index (χ1) is 10.8. The van der Waals surface area contributed by atoms with Gasteiger partial charge in [-0.05, 0) is 30.9 Å². The van der Waals surface area contributed by atoms with Crippen LogP contribution in [0.5, 0.6) is 0 Å². The minimum atomic E-state index is -0.157. The standard InChI is InChI=1S/C15H19N5O2/c21-11-12-6-8-19(9-7-12)15(22)17-14-10-16-18-20(14)13-4-2-1-3-5-13/h1-5,10,12,21H,6-9,11H2,(H,17,22). The predicted octanol–water partition coefficient (Wildman–Crippen LogP) is 1.50. The maximum atomic E-state index is 12.3. The van der Waals surface area contributed by atoms with Gasteiger partial charge in [0.25, 0.3) is 0 Å². The van der Waals surface area contributed by atoms with Crippen LogP contribution in [-0.4, -0.2) is 50.7 Å². The van der Waals surface area contributed by atoms with Gasteiger partial charge in [-0.15, -0.1) is 5.10 Å². The van der Waals surface area contributed by atoms with Crippen molar-refractivity contribution in [3.05, 3.63) is 36.5 Å². The average Bonchev–Trinajstić information content (AvgIpc) is 3.04. The molecule has 0 unspecified atom stereocenters. The molecule has 2 amide bonds. The number of benzene rings is 1. The maximum absolute atomic E-state index is 12.3. The molecular weight excluding hydrogens is 282 g/mol. The molecule has 0 aliphatic carbocycles. The molecule has 7 heteroatoms. The normalized spacial score (nSPS) is 15.8. The molecule has 1 aromatic carbocycles. The number of nitrogens with zero attached hydrogens (tertiary/aromatic N) is 4. The summed E-state index contributed by atoms with van der Waals surface area (Å²) in [5.41, 5.74) is 0.842. The molecule has 0 spiro atoms. The molecule has 116 valence electrons. The summed E-state index contributed by atoms with van der Waals surface area (Å²) in [7, 11) is 0. The second-order valence-corrected chi connectivity index (χ2v) is 5.41. The van der Waals surface area contributed by atoms with Crippen molar-refractivity contribution in [1.82, 2.24) is 19.9 Å². The number of likely N-dealkylation sites (tertiary alicyclic amines) is 1. The van der Waals surface area contributed by atoms with Crippen molar-refractivity contribution in [2.45, 2.75) is 12.8 Å². The van der Waals surface area contributed by atoms with Gasteiger partial charge in [0.2, 0.25) is 0 Å². The Labute approximate surface area is 128 Å². The van der Waals surface area contributed by atoms with E-state index in [1.807, 2.05) is 30.3 Å². The first kappa shape index (κ1) is 14.5. The Morgan fingerprint density at radius 2 is 2.00 bits per heavy atom. The molecule has 0 atom stereocenters. The number of hydrogen-bond donors (Lipinski definition) is 2. The second kappa shape index (κ2) is 6.57. The SMILES string of the molecule is O=C(Nc1cnnn1-c1ccccc1)N1CCC(CO)CC1. The number of aliphatic hydroxyl groups excluding tert-OH is 1. The van der Waals surface area contributed by atoms with E-state index in [0.29, 0.717) is 24.8 Å². The first-order valence-electron chi connectivity index (χ1n) is 7.41. The molecule has 1 aliphatic heterocycles. The van der Waals surface area contributed by atoms with Crippen molar-refractivity contribution in [3.63, 3.8) is 0 Å². The van der Waals surface area contributed by atoms with Crippen LogP contribution < -0.4 is 5.32 Å². The zero-order valence-electron chi connectivity index (χ0n) is 12.2. The Kier molecular flexibility index (Phi) is 4.34. The summed E-state index contributed by atoms with van der Waals surface area (Å²) in [6.07, 6.45) is 3.20. The molecule has 1 aliphatic rings. The molecule has 2 N–H and O–H groups in total. The third kappa shape index (κ3) is 3.09. The summed E-state index contributed by atoms with van der Waals surface area (Å²) < 4.78 is 1.60. The predicted molar refractivity (Wildman–Crippen MR) is 81.8 cm³/mol. The fraction of sp³-hybridized carbons (Fsp3) is 0.400. The minimum absolute atomic E-state index is 0.157. The van der Waals surface area contributed by atoms with Crippen molar-refractivity contribution in [3.8, 4) is 5.69 Å². The Balaban J connectivity index is 1.67. The number of urea groups is 1. The maximum Gasteiger partial charge on any atom is 0.323 e. The van der Waals surface area contributed by atoms with E-state index >= 15 is 0 Å². The van der Waals surface area contributed by atoms with Gasteiger partial charge in [-0.3, -0.25) is 5.32 Å².